The molecule has 0 aromatic rings. The molecule has 1 aliphatic rings. The summed E-state index contributed by atoms with van der Waals surface area (Å²) in [6.45, 7) is 10.7. The van der Waals surface area contributed by atoms with Gasteiger partial charge in [0.2, 0.25) is 0 Å². The van der Waals surface area contributed by atoms with Crippen molar-refractivity contribution >= 4 is 0 Å². The fraction of sp³-hybridized carbons (Fsp3) is 1.00. The van der Waals surface area contributed by atoms with E-state index in [0.717, 1.165) is 24.0 Å². The first-order valence-corrected chi connectivity index (χ1v) is 7.06. The Morgan fingerprint density at radius 3 is 2.38 bits per heavy atom. The van der Waals surface area contributed by atoms with Gasteiger partial charge in [0.05, 0.1) is 0 Å². The third-order valence-electron chi connectivity index (χ3n) is 4.59. The number of rotatable bonds is 5. The first-order chi connectivity index (χ1) is 7.63. The zero-order valence-electron chi connectivity index (χ0n) is 11.8. The lowest BCUT2D eigenvalue weighted by molar-refractivity contribution is 0.0644. The Kier molecular flexibility index (Phi) is 5.77. The predicted octanol–water partition coefficient (Wildman–Crippen LogP) is 2.88. The molecule has 0 aromatic heterocycles. The monoisotopic (exact) mass is 226 g/mol. The average molecular weight is 226 g/mol. The fourth-order valence-corrected chi connectivity index (χ4v) is 3.30. The molecule has 1 fully saturated rings. The van der Waals surface area contributed by atoms with Crippen molar-refractivity contribution in [1.29, 1.82) is 0 Å². The number of likely N-dealkylation sites (tertiary alicyclic amines) is 1. The van der Waals surface area contributed by atoms with E-state index in [2.05, 4.69) is 45.0 Å². The molecule has 3 unspecified atom stereocenters. The van der Waals surface area contributed by atoms with Crippen LogP contribution in [0.25, 0.3) is 0 Å². The zero-order valence-corrected chi connectivity index (χ0v) is 11.8. The average Bonchev–Trinajstić information content (AvgIpc) is 2.30. The smallest absolute Gasteiger partial charge is 0.00978 e. The van der Waals surface area contributed by atoms with E-state index in [1.807, 2.05) is 0 Å². The van der Waals surface area contributed by atoms with Crippen molar-refractivity contribution in [3.05, 3.63) is 0 Å². The van der Waals surface area contributed by atoms with E-state index < -0.39 is 0 Å². The van der Waals surface area contributed by atoms with Crippen LogP contribution in [-0.2, 0) is 0 Å². The van der Waals surface area contributed by atoms with Gasteiger partial charge in [-0.15, -0.1) is 0 Å². The Bertz CT molecular complexity index is 189. The summed E-state index contributed by atoms with van der Waals surface area (Å²) in [5.41, 5.74) is 0. The highest BCUT2D eigenvalue weighted by Crippen LogP contribution is 2.25. The van der Waals surface area contributed by atoms with E-state index in [0.29, 0.717) is 0 Å². The second-order valence-electron chi connectivity index (χ2n) is 5.41. The van der Waals surface area contributed by atoms with Gasteiger partial charge in [0.25, 0.3) is 0 Å². The van der Waals surface area contributed by atoms with Gasteiger partial charge < -0.3 is 5.32 Å². The van der Waals surface area contributed by atoms with Crippen molar-refractivity contribution in [2.45, 2.75) is 71.5 Å². The maximum absolute atomic E-state index is 3.42. The van der Waals surface area contributed by atoms with Gasteiger partial charge in [-0.3, -0.25) is 4.90 Å². The van der Waals surface area contributed by atoms with Crippen LogP contribution in [0.2, 0.25) is 0 Å². The number of hydrogen-bond acceptors (Lipinski definition) is 2. The normalized spacial score (nSPS) is 29.6. The van der Waals surface area contributed by atoms with E-state index >= 15 is 0 Å². The molecule has 96 valence electrons. The predicted molar refractivity (Wildman–Crippen MR) is 71.8 cm³/mol. The van der Waals surface area contributed by atoms with Crippen LogP contribution >= 0.6 is 0 Å². The van der Waals surface area contributed by atoms with E-state index in [4.69, 9.17) is 0 Å². The molecule has 16 heavy (non-hydrogen) atoms. The largest absolute Gasteiger partial charge is 0.317 e. The molecule has 3 atom stereocenters. The molecule has 0 bridgehead atoms. The van der Waals surface area contributed by atoms with Crippen LogP contribution in [0.4, 0.5) is 0 Å². The number of hydrogen-bond donors (Lipinski definition) is 1. The van der Waals surface area contributed by atoms with Gasteiger partial charge in [0.15, 0.2) is 0 Å². The molecular weight excluding hydrogens is 196 g/mol. The maximum atomic E-state index is 3.42. The summed E-state index contributed by atoms with van der Waals surface area (Å²) in [7, 11) is 2.09. The van der Waals surface area contributed by atoms with Crippen molar-refractivity contribution < 1.29 is 0 Å². The standard InChI is InChI=1S/C14H30N2/c1-6-13(7-2)12(4)16-9-8-14(15-5)10-11(16)3/h11-15H,6-10H2,1-5H3. The Labute approximate surface area is 102 Å². The first-order valence-electron chi connectivity index (χ1n) is 7.06. The Hall–Kier alpha value is -0.0800. The highest BCUT2D eigenvalue weighted by molar-refractivity contribution is 4.86. The second-order valence-corrected chi connectivity index (χ2v) is 5.41. The SMILES string of the molecule is CCC(CC)C(C)N1CCC(NC)CC1C. The first kappa shape index (κ1) is 14.0. The van der Waals surface area contributed by atoms with E-state index in [1.54, 1.807) is 0 Å². The summed E-state index contributed by atoms with van der Waals surface area (Å²) in [5.74, 6) is 0.869. The van der Waals surface area contributed by atoms with Crippen molar-refractivity contribution in [1.82, 2.24) is 10.2 Å². The third kappa shape index (κ3) is 3.21. The molecule has 1 rings (SSSR count). The van der Waals surface area contributed by atoms with E-state index in [1.165, 1.54) is 32.2 Å². The fourth-order valence-electron chi connectivity index (χ4n) is 3.30. The number of nitrogens with one attached hydrogen (secondary N) is 1. The van der Waals surface area contributed by atoms with Crippen LogP contribution in [0, 0.1) is 5.92 Å². The second kappa shape index (κ2) is 6.61. The molecule has 0 aromatic carbocycles. The molecular formula is C14H30N2. The summed E-state index contributed by atoms with van der Waals surface area (Å²) >= 11 is 0. The minimum absolute atomic E-state index is 0.736. The molecule has 1 heterocycles. The summed E-state index contributed by atoms with van der Waals surface area (Å²) in [6, 6.07) is 2.23. The van der Waals surface area contributed by atoms with Gasteiger partial charge in [0.1, 0.15) is 0 Å². The van der Waals surface area contributed by atoms with Crippen molar-refractivity contribution in [2.75, 3.05) is 13.6 Å². The molecule has 2 heteroatoms. The van der Waals surface area contributed by atoms with Crippen LogP contribution in [0.15, 0.2) is 0 Å². The number of nitrogens with zero attached hydrogens (tertiary/aromatic N) is 1. The van der Waals surface area contributed by atoms with Crippen LogP contribution in [0.5, 0.6) is 0 Å². The summed E-state index contributed by atoms with van der Waals surface area (Å²) in [5, 5.41) is 3.42. The van der Waals surface area contributed by atoms with Crippen LogP contribution in [0.1, 0.15) is 53.4 Å². The lowest BCUT2D eigenvalue weighted by Gasteiger charge is -2.43. The Balaban J connectivity index is 2.53. The zero-order chi connectivity index (χ0) is 12.1. The lowest BCUT2D eigenvalue weighted by atomic mass is 9.89. The van der Waals surface area contributed by atoms with Crippen molar-refractivity contribution in [2.24, 2.45) is 5.92 Å². The minimum atomic E-state index is 0.736. The maximum Gasteiger partial charge on any atom is 0.00978 e. The molecule has 0 amide bonds. The highest BCUT2D eigenvalue weighted by atomic mass is 15.2. The lowest BCUT2D eigenvalue weighted by Crippen LogP contribution is -2.51. The quantitative estimate of drug-likeness (QED) is 0.775. The Morgan fingerprint density at radius 2 is 1.94 bits per heavy atom. The van der Waals surface area contributed by atoms with Crippen LogP contribution in [-0.4, -0.2) is 36.6 Å². The summed E-state index contributed by atoms with van der Waals surface area (Å²) < 4.78 is 0. The van der Waals surface area contributed by atoms with Gasteiger partial charge in [-0.25, -0.2) is 0 Å². The number of piperidine rings is 1. The summed E-state index contributed by atoms with van der Waals surface area (Å²) in [6.07, 6.45) is 5.25. The van der Waals surface area contributed by atoms with Gasteiger partial charge in [0, 0.05) is 24.7 Å². The van der Waals surface area contributed by atoms with E-state index in [9.17, 15) is 0 Å². The minimum Gasteiger partial charge on any atom is -0.317 e. The molecule has 0 saturated carbocycles. The Morgan fingerprint density at radius 1 is 1.31 bits per heavy atom. The van der Waals surface area contributed by atoms with Crippen molar-refractivity contribution in [3.8, 4) is 0 Å². The summed E-state index contributed by atoms with van der Waals surface area (Å²) in [4.78, 5) is 2.73. The molecule has 1 aliphatic heterocycles. The molecule has 1 N–H and O–H groups in total. The van der Waals surface area contributed by atoms with Gasteiger partial charge in [-0.2, -0.15) is 0 Å². The topological polar surface area (TPSA) is 15.3 Å². The van der Waals surface area contributed by atoms with Gasteiger partial charge >= 0.3 is 0 Å². The van der Waals surface area contributed by atoms with Gasteiger partial charge in [-0.05, 0) is 39.7 Å². The molecule has 0 aliphatic carbocycles. The molecule has 0 radical (unpaired) electrons. The third-order valence-corrected chi connectivity index (χ3v) is 4.59. The van der Waals surface area contributed by atoms with Gasteiger partial charge in [-0.1, -0.05) is 26.7 Å². The van der Waals surface area contributed by atoms with Crippen LogP contribution < -0.4 is 5.32 Å². The van der Waals surface area contributed by atoms with E-state index in [-0.39, 0.29) is 0 Å². The van der Waals surface area contributed by atoms with Crippen molar-refractivity contribution in [3.63, 3.8) is 0 Å². The van der Waals surface area contributed by atoms with Crippen LogP contribution in [0.3, 0.4) is 0 Å². The molecule has 0 spiro atoms. The molecule has 1 saturated heterocycles. The highest BCUT2D eigenvalue weighted by Gasteiger charge is 2.30. The molecule has 2 nitrogen and oxygen atoms in total.